The molecule has 1 heterocycles. The predicted molar refractivity (Wildman–Crippen MR) is 66.1 cm³/mol. The lowest BCUT2D eigenvalue weighted by molar-refractivity contribution is 0.816. The van der Waals surface area contributed by atoms with Gasteiger partial charge in [0, 0.05) is 23.3 Å². The van der Waals surface area contributed by atoms with Gasteiger partial charge < -0.3 is 5.32 Å². The Morgan fingerprint density at radius 2 is 2.25 bits per heavy atom. The van der Waals surface area contributed by atoms with Gasteiger partial charge in [0.1, 0.15) is 0 Å². The van der Waals surface area contributed by atoms with Crippen LogP contribution in [0.15, 0.2) is 30.6 Å². The first-order chi connectivity index (χ1) is 7.70. The maximum Gasteiger partial charge on any atom is 0.0689 e. The van der Waals surface area contributed by atoms with Crippen LogP contribution in [-0.4, -0.2) is 16.8 Å². The second-order valence-corrected chi connectivity index (χ2v) is 4.19. The summed E-state index contributed by atoms with van der Waals surface area (Å²) >= 11 is 5.98. The van der Waals surface area contributed by atoms with E-state index in [0.717, 1.165) is 28.4 Å². The van der Waals surface area contributed by atoms with Gasteiger partial charge in [-0.25, -0.2) is 4.68 Å². The molecule has 1 aromatic heterocycles. The van der Waals surface area contributed by atoms with E-state index in [-0.39, 0.29) is 0 Å². The molecule has 0 unspecified atom stereocenters. The molecule has 2 rings (SSSR count). The van der Waals surface area contributed by atoms with E-state index in [1.807, 2.05) is 49.2 Å². The van der Waals surface area contributed by atoms with E-state index < -0.39 is 0 Å². The first-order valence-corrected chi connectivity index (χ1v) is 5.53. The van der Waals surface area contributed by atoms with Crippen molar-refractivity contribution < 1.29 is 0 Å². The van der Waals surface area contributed by atoms with E-state index in [0.29, 0.717) is 0 Å². The van der Waals surface area contributed by atoms with Crippen LogP contribution in [-0.2, 0) is 6.54 Å². The molecule has 0 saturated carbocycles. The maximum atomic E-state index is 5.98. The quantitative estimate of drug-likeness (QED) is 0.886. The first-order valence-electron chi connectivity index (χ1n) is 5.15. The SMILES string of the molecule is CNCc1cnn(-c2cc(Cl)ccc2C)c1. The summed E-state index contributed by atoms with van der Waals surface area (Å²) in [7, 11) is 1.92. The van der Waals surface area contributed by atoms with Gasteiger partial charge in [-0.2, -0.15) is 5.10 Å². The molecular weight excluding hydrogens is 222 g/mol. The Hall–Kier alpha value is -1.32. The Bertz CT molecular complexity index is 491. The van der Waals surface area contributed by atoms with Gasteiger partial charge in [-0.1, -0.05) is 17.7 Å². The van der Waals surface area contributed by atoms with Crippen molar-refractivity contribution in [2.75, 3.05) is 7.05 Å². The van der Waals surface area contributed by atoms with Crippen LogP contribution in [0.5, 0.6) is 0 Å². The van der Waals surface area contributed by atoms with Crippen LogP contribution in [0.3, 0.4) is 0 Å². The van der Waals surface area contributed by atoms with Gasteiger partial charge in [-0.3, -0.25) is 0 Å². The van der Waals surface area contributed by atoms with Crippen molar-refractivity contribution in [1.82, 2.24) is 15.1 Å². The van der Waals surface area contributed by atoms with Crippen molar-refractivity contribution in [3.05, 3.63) is 46.7 Å². The molecule has 84 valence electrons. The molecule has 4 heteroatoms. The number of benzene rings is 1. The fourth-order valence-corrected chi connectivity index (χ4v) is 1.78. The van der Waals surface area contributed by atoms with Gasteiger partial charge >= 0.3 is 0 Å². The molecule has 1 aromatic carbocycles. The highest BCUT2D eigenvalue weighted by molar-refractivity contribution is 6.30. The number of hydrogen-bond acceptors (Lipinski definition) is 2. The Morgan fingerprint density at radius 1 is 1.44 bits per heavy atom. The molecule has 3 nitrogen and oxygen atoms in total. The Labute approximate surface area is 100 Å². The zero-order valence-electron chi connectivity index (χ0n) is 9.37. The zero-order valence-corrected chi connectivity index (χ0v) is 10.1. The molecular formula is C12H14ClN3. The van der Waals surface area contributed by atoms with Gasteiger partial charge in [0.2, 0.25) is 0 Å². The van der Waals surface area contributed by atoms with E-state index in [1.165, 1.54) is 0 Å². The summed E-state index contributed by atoms with van der Waals surface area (Å²) in [5.74, 6) is 0. The number of rotatable bonds is 3. The number of halogens is 1. The normalized spacial score (nSPS) is 10.7. The van der Waals surface area contributed by atoms with Crippen LogP contribution >= 0.6 is 11.6 Å². The van der Waals surface area contributed by atoms with Crippen LogP contribution in [0.4, 0.5) is 0 Å². The van der Waals surface area contributed by atoms with Crippen LogP contribution in [0.2, 0.25) is 5.02 Å². The summed E-state index contributed by atoms with van der Waals surface area (Å²) in [6.45, 7) is 2.87. The maximum absolute atomic E-state index is 5.98. The Morgan fingerprint density at radius 3 is 3.00 bits per heavy atom. The first kappa shape index (κ1) is 11.2. The molecule has 0 atom stereocenters. The van der Waals surface area contributed by atoms with Crippen molar-refractivity contribution >= 4 is 11.6 Å². The zero-order chi connectivity index (χ0) is 11.5. The van der Waals surface area contributed by atoms with Crippen LogP contribution in [0, 0.1) is 6.92 Å². The average Bonchev–Trinajstić information content (AvgIpc) is 2.71. The molecule has 0 bridgehead atoms. The smallest absolute Gasteiger partial charge is 0.0689 e. The van der Waals surface area contributed by atoms with Gasteiger partial charge in [-0.15, -0.1) is 0 Å². The lowest BCUT2D eigenvalue weighted by Crippen LogP contribution is -2.03. The van der Waals surface area contributed by atoms with Crippen molar-refractivity contribution in [2.24, 2.45) is 0 Å². The topological polar surface area (TPSA) is 29.9 Å². The lowest BCUT2D eigenvalue weighted by Gasteiger charge is -2.05. The van der Waals surface area contributed by atoms with E-state index >= 15 is 0 Å². The summed E-state index contributed by atoms with van der Waals surface area (Å²) in [5.41, 5.74) is 3.33. The lowest BCUT2D eigenvalue weighted by atomic mass is 10.2. The van der Waals surface area contributed by atoms with Crippen molar-refractivity contribution in [2.45, 2.75) is 13.5 Å². The van der Waals surface area contributed by atoms with Gasteiger partial charge in [0.15, 0.2) is 0 Å². The molecule has 16 heavy (non-hydrogen) atoms. The minimum atomic E-state index is 0.728. The van der Waals surface area contributed by atoms with E-state index in [9.17, 15) is 0 Å². The van der Waals surface area contributed by atoms with Gasteiger partial charge in [-0.05, 0) is 31.7 Å². The Balaban J connectivity index is 2.38. The van der Waals surface area contributed by atoms with Crippen molar-refractivity contribution in [1.29, 1.82) is 0 Å². The largest absolute Gasteiger partial charge is 0.316 e. The van der Waals surface area contributed by atoms with E-state index in [1.54, 1.807) is 0 Å². The molecule has 0 fully saturated rings. The molecule has 0 amide bonds. The van der Waals surface area contributed by atoms with Crippen molar-refractivity contribution in [3.8, 4) is 5.69 Å². The summed E-state index contributed by atoms with van der Waals surface area (Å²) in [5, 5.41) is 8.15. The van der Waals surface area contributed by atoms with E-state index in [2.05, 4.69) is 10.4 Å². The Kier molecular flexibility index (Phi) is 3.27. The second kappa shape index (κ2) is 4.68. The average molecular weight is 236 g/mol. The summed E-state index contributed by atoms with van der Waals surface area (Å²) < 4.78 is 1.86. The third kappa shape index (κ3) is 2.26. The molecule has 1 N–H and O–H groups in total. The van der Waals surface area contributed by atoms with Gasteiger partial charge in [0.25, 0.3) is 0 Å². The molecule has 0 saturated heterocycles. The van der Waals surface area contributed by atoms with Crippen LogP contribution in [0.1, 0.15) is 11.1 Å². The summed E-state index contributed by atoms with van der Waals surface area (Å²) in [6, 6.07) is 5.81. The number of nitrogens with zero attached hydrogens (tertiary/aromatic N) is 2. The van der Waals surface area contributed by atoms with Crippen LogP contribution < -0.4 is 5.32 Å². The third-order valence-electron chi connectivity index (χ3n) is 2.43. The highest BCUT2D eigenvalue weighted by atomic mass is 35.5. The molecule has 0 aliphatic rings. The standard InChI is InChI=1S/C12H14ClN3/c1-9-3-4-11(13)5-12(9)16-8-10(6-14-2)7-15-16/h3-5,7-8,14H,6H2,1-2H3. The number of aryl methyl sites for hydroxylation is 1. The fraction of sp³-hybridized carbons (Fsp3) is 0.250. The minimum absolute atomic E-state index is 0.728. The highest BCUT2D eigenvalue weighted by Gasteiger charge is 2.04. The summed E-state index contributed by atoms with van der Waals surface area (Å²) in [4.78, 5) is 0. The molecule has 0 spiro atoms. The fourth-order valence-electron chi connectivity index (χ4n) is 1.62. The second-order valence-electron chi connectivity index (χ2n) is 3.75. The monoisotopic (exact) mass is 235 g/mol. The number of aromatic nitrogens is 2. The molecule has 0 radical (unpaired) electrons. The third-order valence-corrected chi connectivity index (χ3v) is 2.67. The van der Waals surface area contributed by atoms with Gasteiger partial charge in [0.05, 0.1) is 11.9 Å². The minimum Gasteiger partial charge on any atom is -0.316 e. The van der Waals surface area contributed by atoms with Crippen molar-refractivity contribution in [3.63, 3.8) is 0 Å². The molecule has 0 aliphatic carbocycles. The summed E-state index contributed by atoms with van der Waals surface area (Å²) in [6.07, 6.45) is 3.87. The van der Waals surface area contributed by atoms with Crippen LogP contribution in [0.25, 0.3) is 5.69 Å². The molecule has 2 aromatic rings. The predicted octanol–water partition coefficient (Wildman–Crippen LogP) is 2.55. The van der Waals surface area contributed by atoms with E-state index in [4.69, 9.17) is 11.6 Å². The number of hydrogen-bond donors (Lipinski definition) is 1. The highest BCUT2D eigenvalue weighted by Crippen LogP contribution is 2.19. The molecule has 0 aliphatic heterocycles. The number of nitrogens with one attached hydrogen (secondary N) is 1.